The summed E-state index contributed by atoms with van der Waals surface area (Å²) in [5, 5.41) is 0.0409. The van der Waals surface area contributed by atoms with Crippen LogP contribution >= 0.6 is 23.2 Å². The third-order valence-electron chi connectivity index (χ3n) is 2.18. The third-order valence-corrected chi connectivity index (χ3v) is 3.56. The van der Waals surface area contributed by atoms with E-state index in [1.807, 2.05) is 20.8 Å². The largest absolute Gasteiger partial charge is 0.116 e. The number of halogens is 2. The van der Waals surface area contributed by atoms with E-state index in [0.717, 1.165) is 0 Å². The van der Waals surface area contributed by atoms with Gasteiger partial charge in [-0.2, -0.15) is 0 Å². The van der Waals surface area contributed by atoms with Crippen LogP contribution < -0.4 is 0 Å². The molecule has 0 spiro atoms. The van der Waals surface area contributed by atoms with E-state index in [9.17, 15) is 0 Å². The van der Waals surface area contributed by atoms with Gasteiger partial charge in [-0.1, -0.05) is 11.1 Å². The summed E-state index contributed by atoms with van der Waals surface area (Å²) in [4.78, 5) is -0.272. The second kappa shape index (κ2) is 1.90. The number of rotatable bonds is 0. The fourth-order valence-electron chi connectivity index (χ4n) is 1.09. The highest BCUT2D eigenvalue weighted by molar-refractivity contribution is 6.37. The molecular formula is C7H10Cl2. The highest BCUT2D eigenvalue weighted by Crippen LogP contribution is 2.46. The fourth-order valence-corrected chi connectivity index (χ4v) is 1.73. The molecule has 1 rings (SSSR count). The molecule has 9 heavy (non-hydrogen) atoms. The molecule has 0 amide bonds. The average molecular weight is 165 g/mol. The normalized spacial score (nSPS) is 43.0. The molecule has 0 aromatic carbocycles. The van der Waals surface area contributed by atoms with Gasteiger partial charge in [0, 0.05) is 0 Å². The van der Waals surface area contributed by atoms with Crippen molar-refractivity contribution in [3.63, 3.8) is 0 Å². The van der Waals surface area contributed by atoms with E-state index in [0.29, 0.717) is 0 Å². The van der Waals surface area contributed by atoms with E-state index in [1.165, 1.54) is 11.1 Å². The lowest BCUT2D eigenvalue weighted by Crippen LogP contribution is -2.42. The first-order valence-electron chi connectivity index (χ1n) is 2.98. The van der Waals surface area contributed by atoms with Gasteiger partial charge in [-0.25, -0.2) is 0 Å². The summed E-state index contributed by atoms with van der Waals surface area (Å²) >= 11 is 11.9. The Morgan fingerprint density at radius 3 is 2.00 bits per heavy atom. The number of alkyl halides is 2. The Hall–Kier alpha value is 0.320. The molecule has 0 aromatic rings. The van der Waals surface area contributed by atoms with E-state index in [2.05, 4.69) is 0 Å². The smallest absolute Gasteiger partial charge is 0.0828 e. The summed E-state index contributed by atoms with van der Waals surface area (Å²) in [5.74, 6) is 0. The van der Waals surface area contributed by atoms with Gasteiger partial charge in [0.05, 0.1) is 10.3 Å². The Morgan fingerprint density at radius 1 is 1.44 bits per heavy atom. The third kappa shape index (κ3) is 0.805. The minimum absolute atomic E-state index is 0.0409. The Labute approximate surface area is 65.8 Å². The highest BCUT2D eigenvalue weighted by atomic mass is 35.5. The maximum Gasteiger partial charge on any atom is 0.0828 e. The summed E-state index contributed by atoms with van der Waals surface area (Å²) < 4.78 is 0. The van der Waals surface area contributed by atoms with Crippen molar-refractivity contribution in [1.82, 2.24) is 0 Å². The van der Waals surface area contributed by atoms with Crippen LogP contribution in [-0.2, 0) is 0 Å². The van der Waals surface area contributed by atoms with E-state index in [-0.39, 0.29) is 10.3 Å². The van der Waals surface area contributed by atoms with Crippen molar-refractivity contribution in [3.8, 4) is 0 Å². The van der Waals surface area contributed by atoms with Crippen molar-refractivity contribution in [1.29, 1.82) is 0 Å². The molecule has 1 aliphatic rings. The Morgan fingerprint density at radius 2 is 1.89 bits per heavy atom. The Kier molecular flexibility index (Phi) is 1.57. The van der Waals surface area contributed by atoms with Crippen molar-refractivity contribution in [3.05, 3.63) is 11.1 Å². The van der Waals surface area contributed by atoms with Crippen LogP contribution in [0.25, 0.3) is 0 Å². The number of hydrogen-bond acceptors (Lipinski definition) is 0. The molecule has 0 fully saturated rings. The number of allylic oxidation sites excluding steroid dienone is 2. The molecule has 0 aromatic heterocycles. The van der Waals surface area contributed by atoms with Crippen molar-refractivity contribution < 1.29 is 0 Å². The predicted octanol–water partition coefficient (Wildman–Crippen LogP) is 2.94. The Bertz CT molecular complexity index is 168. The molecule has 0 nitrogen and oxygen atoms in total. The molecule has 0 N–H and O–H groups in total. The van der Waals surface area contributed by atoms with Gasteiger partial charge < -0.3 is 0 Å². The van der Waals surface area contributed by atoms with Crippen molar-refractivity contribution in [2.24, 2.45) is 0 Å². The van der Waals surface area contributed by atoms with Crippen LogP contribution in [0.5, 0.6) is 0 Å². The quantitative estimate of drug-likeness (QED) is 0.382. The van der Waals surface area contributed by atoms with Gasteiger partial charge in [-0.3, -0.25) is 0 Å². The van der Waals surface area contributed by atoms with Crippen LogP contribution in [0.4, 0.5) is 0 Å². The highest BCUT2D eigenvalue weighted by Gasteiger charge is 2.43. The van der Waals surface area contributed by atoms with Gasteiger partial charge in [0.15, 0.2) is 0 Å². The first-order valence-corrected chi connectivity index (χ1v) is 3.80. The summed E-state index contributed by atoms with van der Waals surface area (Å²) in [5.41, 5.74) is 2.46. The van der Waals surface area contributed by atoms with Crippen molar-refractivity contribution in [2.45, 2.75) is 31.0 Å². The summed E-state index contributed by atoms with van der Waals surface area (Å²) in [6.45, 7) is 6.01. The monoisotopic (exact) mass is 164 g/mol. The first kappa shape index (κ1) is 7.43. The fraction of sp³-hybridized carbons (Fsp3) is 0.714. The maximum atomic E-state index is 6.01. The van der Waals surface area contributed by atoms with Crippen LogP contribution in [-0.4, -0.2) is 10.3 Å². The molecule has 1 aliphatic carbocycles. The summed E-state index contributed by atoms with van der Waals surface area (Å²) in [6.07, 6.45) is 0. The lowest BCUT2D eigenvalue weighted by atomic mass is 9.79. The minimum Gasteiger partial charge on any atom is -0.116 e. The van der Waals surface area contributed by atoms with Crippen LogP contribution in [0.2, 0.25) is 0 Å². The van der Waals surface area contributed by atoms with Gasteiger partial charge in [-0.05, 0) is 20.8 Å². The van der Waals surface area contributed by atoms with Crippen LogP contribution in [0.1, 0.15) is 20.8 Å². The molecular weight excluding hydrogens is 155 g/mol. The van der Waals surface area contributed by atoms with E-state index in [4.69, 9.17) is 23.2 Å². The van der Waals surface area contributed by atoms with Crippen LogP contribution in [0.3, 0.4) is 0 Å². The molecule has 0 saturated heterocycles. The van der Waals surface area contributed by atoms with Gasteiger partial charge in [-0.15, -0.1) is 23.2 Å². The van der Waals surface area contributed by atoms with Crippen LogP contribution in [0, 0.1) is 0 Å². The van der Waals surface area contributed by atoms with E-state index >= 15 is 0 Å². The van der Waals surface area contributed by atoms with Crippen molar-refractivity contribution in [2.75, 3.05) is 0 Å². The zero-order chi connectivity index (χ0) is 7.23. The maximum absolute atomic E-state index is 6.01. The van der Waals surface area contributed by atoms with E-state index < -0.39 is 0 Å². The molecule has 52 valence electrons. The van der Waals surface area contributed by atoms with Crippen LogP contribution in [0.15, 0.2) is 11.1 Å². The molecule has 0 heterocycles. The summed E-state index contributed by atoms with van der Waals surface area (Å²) in [7, 11) is 0. The molecule has 0 saturated carbocycles. The molecule has 0 bridgehead atoms. The second-order valence-electron chi connectivity index (χ2n) is 2.75. The van der Waals surface area contributed by atoms with Gasteiger partial charge >= 0.3 is 0 Å². The molecule has 2 unspecified atom stereocenters. The van der Waals surface area contributed by atoms with Gasteiger partial charge in [0.25, 0.3) is 0 Å². The lowest BCUT2D eigenvalue weighted by molar-refractivity contribution is 0.633. The van der Waals surface area contributed by atoms with Gasteiger partial charge in [0.2, 0.25) is 0 Å². The zero-order valence-corrected chi connectivity index (χ0v) is 7.35. The first-order chi connectivity index (χ1) is 3.98. The molecule has 2 heteroatoms. The lowest BCUT2D eigenvalue weighted by Gasteiger charge is -2.40. The molecule has 0 aliphatic heterocycles. The predicted molar refractivity (Wildman–Crippen MR) is 42.3 cm³/mol. The second-order valence-corrected chi connectivity index (χ2v) is 3.97. The summed E-state index contributed by atoms with van der Waals surface area (Å²) in [6, 6.07) is 0. The number of hydrogen-bond donors (Lipinski definition) is 0. The standard InChI is InChI=1S/C7H10Cl2/c1-4-5(2)7(3,9)6(4)8/h6H,1-3H3. The molecule has 2 atom stereocenters. The van der Waals surface area contributed by atoms with E-state index in [1.54, 1.807) is 0 Å². The average Bonchev–Trinajstić information content (AvgIpc) is 1.84. The Balaban J connectivity index is 2.92. The SMILES string of the molecule is CC1=C(C)C(C)(Cl)C1Cl. The minimum atomic E-state index is -0.272. The zero-order valence-electron chi connectivity index (χ0n) is 5.83. The topological polar surface area (TPSA) is 0 Å². The van der Waals surface area contributed by atoms with Gasteiger partial charge in [0.1, 0.15) is 0 Å². The molecule has 0 radical (unpaired) electrons. The van der Waals surface area contributed by atoms with Crippen molar-refractivity contribution >= 4 is 23.2 Å².